The summed E-state index contributed by atoms with van der Waals surface area (Å²) in [6.45, 7) is 4.53. The summed E-state index contributed by atoms with van der Waals surface area (Å²) in [4.78, 5) is 1.77. The third kappa shape index (κ3) is 6.12. The molecule has 1 atom stereocenters. The number of rotatable bonds is 5. The number of halogens is 3. The lowest BCUT2D eigenvalue weighted by atomic mass is 9.98. The van der Waals surface area contributed by atoms with Crippen LogP contribution in [-0.2, 0) is 17.7 Å². The van der Waals surface area contributed by atoms with Crippen LogP contribution in [-0.4, -0.2) is 47.6 Å². The molecule has 1 heterocycles. The summed E-state index contributed by atoms with van der Waals surface area (Å²) in [7, 11) is 0. The van der Waals surface area contributed by atoms with Crippen molar-refractivity contribution in [2.24, 2.45) is 0 Å². The molecule has 0 aliphatic carbocycles. The molecule has 6 heteroatoms. The Labute approximate surface area is 135 Å². The average Bonchev–Trinajstić information content (AvgIpc) is 2.45. The minimum Gasteiger partial charge on any atom is -0.390 e. The molecule has 0 amide bonds. The van der Waals surface area contributed by atoms with Crippen LogP contribution in [0.2, 0.25) is 0 Å². The lowest BCUT2D eigenvalue weighted by molar-refractivity contribution is -0.237. The first-order valence-electron chi connectivity index (χ1n) is 7.84. The fourth-order valence-electron chi connectivity index (χ4n) is 2.56. The second-order valence-electron chi connectivity index (χ2n) is 6.77. The van der Waals surface area contributed by atoms with Gasteiger partial charge in [-0.15, -0.1) is 0 Å². The third-order valence-electron chi connectivity index (χ3n) is 3.97. The van der Waals surface area contributed by atoms with Gasteiger partial charge in [-0.3, -0.25) is 4.90 Å². The minimum atomic E-state index is -4.31. The zero-order chi connectivity index (χ0) is 17.1. The van der Waals surface area contributed by atoms with E-state index in [4.69, 9.17) is 4.74 Å². The maximum absolute atomic E-state index is 12.7. The Morgan fingerprint density at radius 1 is 1.17 bits per heavy atom. The predicted octanol–water partition coefficient (Wildman–Crippen LogP) is 3.15. The van der Waals surface area contributed by atoms with Gasteiger partial charge in [0, 0.05) is 19.6 Å². The van der Waals surface area contributed by atoms with E-state index in [2.05, 4.69) is 0 Å². The minimum absolute atomic E-state index is 0.105. The van der Waals surface area contributed by atoms with Gasteiger partial charge in [-0.1, -0.05) is 24.3 Å². The second kappa shape index (κ2) is 7.20. The van der Waals surface area contributed by atoms with E-state index in [9.17, 15) is 18.3 Å². The molecule has 0 radical (unpaired) electrons. The zero-order valence-electron chi connectivity index (χ0n) is 13.6. The summed E-state index contributed by atoms with van der Waals surface area (Å²) in [5.74, 6) is 0. The van der Waals surface area contributed by atoms with Crippen LogP contribution in [0.5, 0.6) is 0 Å². The Balaban J connectivity index is 1.88. The molecule has 1 unspecified atom stereocenters. The van der Waals surface area contributed by atoms with E-state index in [-0.39, 0.29) is 13.2 Å². The van der Waals surface area contributed by atoms with Crippen LogP contribution in [0.25, 0.3) is 0 Å². The van der Waals surface area contributed by atoms with Crippen molar-refractivity contribution in [1.29, 1.82) is 0 Å². The van der Waals surface area contributed by atoms with Crippen molar-refractivity contribution in [3.63, 3.8) is 0 Å². The standard InChI is InChI=1S/C17H24F3NO2/c1-16(2,22)8-7-13-3-5-14(6-4-13)11-21-9-10-23-15(12-21)17(18,19)20/h3-6,15,22H,7-12H2,1-2H3. The molecule has 1 saturated heterocycles. The van der Waals surface area contributed by atoms with Gasteiger partial charge in [0.25, 0.3) is 0 Å². The van der Waals surface area contributed by atoms with Crippen molar-refractivity contribution >= 4 is 0 Å². The van der Waals surface area contributed by atoms with E-state index < -0.39 is 17.9 Å². The summed E-state index contributed by atoms with van der Waals surface area (Å²) >= 11 is 0. The largest absolute Gasteiger partial charge is 0.415 e. The molecule has 1 aliphatic heterocycles. The lowest BCUT2D eigenvalue weighted by Gasteiger charge is -2.33. The summed E-state index contributed by atoms with van der Waals surface area (Å²) in [6, 6.07) is 7.83. The molecule has 1 N–H and O–H groups in total. The van der Waals surface area contributed by atoms with Gasteiger partial charge >= 0.3 is 6.18 Å². The monoisotopic (exact) mass is 331 g/mol. The fraction of sp³-hybridized carbons (Fsp3) is 0.647. The molecule has 23 heavy (non-hydrogen) atoms. The van der Waals surface area contributed by atoms with Crippen LogP contribution in [0, 0.1) is 0 Å². The number of alkyl halides is 3. The first-order valence-corrected chi connectivity index (χ1v) is 7.84. The van der Waals surface area contributed by atoms with Crippen molar-refractivity contribution < 1.29 is 23.0 Å². The maximum Gasteiger partial charge on any atom is 0.415 e. The van der Waals surface area contributed by atoms with Gasteiger partial charge in [0.15, 0.2) is 6.10 Å². The molecule has 3 nitrogen and oxygen atoms in total. The zero-order valence-corrected chi connectivity index (χ0v) is 13.6. The van der Waals surface area contributed by atoms with Gasteiger partial charge in [-0.05, 0) is 37.8 Å². The van der Waals surface area contributed by atoms with Gasteiger partial charge in [0.2, 0.25) is 0 Å². The van der Waals surface area contributed by atoms with E-state index in [0.29, 0.717) is 19.5 Å². The lowest BCUT2D eigenvalue weighted by Crippen LogP contribution is -2.48. The van der Waals surface area contributed by atoms with Crippen LogP contribution in [0.3, 0.4) is 0 Å². The first kappa shape index (κ1) is 18.2. The van der Waals surface area contributed by atoms with E-state index in [1.807, 2.05) is 24.3 Å². The molecule has 1 aromatic rings. The molecule has 0 spiro atoms. The molecule has 0 bridgehead atoms. The number of morpholine rings is 1. The molecule has 2 rings (SSSR count). The van der Waals surface area contributed by atoms with Crippen molar-refractivity contribution in [1.82, 2.24) is 4.90 Å². The Morgan fingerprint density at radius 2 is 1.78 bits per heavy atom. The van der Waals surface area contributed by atoms with E-state index in [0.717, 1.165) is 17.5 Å². The topological polar surface area (TPSA) is 32.7 Å². The summed E-state index contributed by atoms with van der Waals surface area (Å²) in [6.07, 6.45) is -4.55. The Bertz CT molecular complexity index is 494. The molecule has 0 aromatic heterocycles. The number of ether oxygens (including phenoxy) is 1. The average molecular weight is 331 g/mol. The van der Waals surface area contributed by atoms with Gasteiger partial charge in [0.05, 0.1) is 12.2 Å². The Morgan fingerprint density at radius 3 is 2.35 bits per heavy atom. The summed E-state index contributed by atoms with van der Waals surface area (Å²) < 4.78 is 42.9. The Hall–Kier alpha value is -1.11. The number of aryl methyl sites for hydroxylation is 1. The van der Waals surface area contributed by atoms with Crippen molar-refractivity contribution in [2.45, 2.75) is 51.1 Å². The van der Waals surface area contributed by atoms with Crippen molar-refractivity contribution in [2.75, 3.05) is 19.7 Å². The number of benzene rings is 1. The molecule has 1 fully saturated rings. The van der Waals surface area contributed by atoms with Crippen LogP contribution >= 0.6 is 0 Å². The Kier molecular flexibility index (Phi) is 5.70. The van der Waals surface area contributed by atoms with Crippen molar-refractivity contribution in [3.8, 4) is 0 Å². The second-order valence-corrected chi connectivity index (χ2v) is 6.77. The number of aliphatic hydroxyl groups is 1. The van der Waals surface area contributed by atoms with Crippen LogP contribution in [0.4, 0.5) is 13.2 Å². The van der Waals surface area contributed by atoms with E-state index in [1.165, 1.54) is 0 Å². The quantitative estimate of drug-likeness (QED) is 0.900. The molecule has 1 aromatic carbocycles. The molecule has 130 valence electrons. The molecular weight excluding hydrogens is 307 g/mol. The summed E-state index contributed by atoms with van der Waals surface area (Å²) in [5.41, 5.74) is 1.41. The van der Waals surface area contributed by atoms with Crippen LogP contribution in [0.15, 0.2) is 24.3 Å². The maximum atomic E-state index is 12.7. The fourth-order valence-corrected chi connectivity index (χ4v) is 2.56. The highest BCUT2D eigenvalue weighted by Crippen LogP contribution is 2.26. The third-order valence-corrected chi connectivity index (χ3v) is 3.97. The van der Waals surface area contributed by atoms with Crippen molar-refractivity contribution in [3.05, 3.63) is 35.4 Å². The molecular formula is C17H24F3NO2. The highest BCUT2D eigenvalue weighted by molar-refractivity contribution is 5.22. The highest BCUT2D eigenvalue weighted by atomic mass is 19.4. The SMILES string of the molecule is CC(C)(O)CCc1ccc(CN2CCOC(C(F)(F)F)C2)cc1. The van der Waals surface area contributed by atoms with Gasteiger partial charge < -0.3 is 9.84 Å². The first-order chi connectivity index (χ1) is 10.6. The summed E-state index contributed by atoms with van der Waals surface area (Å²) in [5, 5.41) is 9.73. The number of hydrogen-bond donors (Lipinski definition) is 1. The molecule has 1 aliphatic rings. The van der Waals surface area contributed by atoms with E-state index >= 15 is 0 Å². The van der Waals surface area contributed by atoms with Gasteiger partial charge in [-0.2, -0.15) is 13.2 Å². The predicted molar refractivity (Wildman–Crippen MR) is 82.1 cm³/mol. The van der Waals surface area contributed by atoms with Crippen LogP contribution < -0.4 is 0 Å². The van der Waals surface area contributed by atoms with Crippen LogP contribution in [0.1, 0.15) is 31.4 Å². The smallest absolute Gasteiger partial charge is 0.390 e. The number of nitrogens with zero attached hydrogens (tertiary/aromatic N) is 1. The number of hydrogen-bond acceptors (Lipinski definition) is 3. The van der Waals surface area contributed by atoms with Gasteiger partial charge in [0.1, 0.15) is 0 Å². The van der Waals surface area contributed by atoms with Gasteiger partial charge in [-0.25, -0.2) is 0 Å². The molecule has 0 saturated carbocycles. The highest BCUT2D eigenvalue weighted by Gasteiger charge is 2.43. The van der Waals surface area contributed by atoms with E-state index in [1.54, 1.807) is 18.7 Å². The normalized spacial score (nSPS) is 20.7.